The quantitative estimate of drug-likeness (QED) is 0.806. The molecule has 0 saturated heterocycles. The number of hydrogen-bond donors (Lipinski definition) is 0. The molecule has 6 nitrogen and oxygen atoms in total. The zero-order valence-corrected chi connectivity index (χ0v) is 14.9. The van der Waals surface area contributed by atoms with E-state index in [-0.39, 0.29) is 15.7 Å². The molecule has 1 atom stereocenters. The lowest BCUT2D eigenvalue weighted by Crippen LogP contribution is -2.40. The second-order valence-corrected chi connectivity index (χ2v) is 8.46. The van der Waals surface area contributed by atoms with Crippen molar-refractivity contribution in [2.45, 2.75) is 30.8 Å². The Bertz CT molecular complexity index is 749. The minimum Gasteiger partial charge on any atom is -0.235 e. The summed E-state index contributed by atoms with van der Waals surface area (Å²) in [5.74, 6) is 0. The van der Waals surface area contributed by atoms with Crippen molar-refractivity contribution in [2.75, 3.05) is 6.54 Å². The molecule has 3 rings (SSSR count). The molecule has 0 spiro atoms. The second kappa shape index (κ2) is 5.45. The predicted octanol–water partition coefficient (Wildman–Crippen LogP) is 2.34. The highest BCUT2D eigenvalue weighted by atomic mass is 79.9. The standard InChI is InChI=1S/C12H15BrN4O2S2/c1-3-9-8-5-7-20-10(8)4-6-17(9)21(18,19)12-11(13)14-15-16(12)2/h5,7,9H,3-4,6H2,1-2H3. The molecule has 0 N–H and O–H groups in total. The molecule has 0 aliphatic carbocycles. The fourth-order valence-electron chi connectivity index (χ4n) is 2.79. The summed E-state index contributed by atoms with van der Waals surface area (Å²) in [4.78, 5) is 1.29. The van der Waals surface area contributed by atoms with E-state index in [0.717, 1.165) is 18.4 Å². The van der Waals surface area contributed by atoms with Gasteiger partial charge in [0.05, 0.1) is 6.04 Å². The van der Waals surface area contributed by atoms with Gasteiger partial charge in [-0.25, -0.2) is 13.1 Å². The summed E-state index contributed by atoms with van der Waals surface area (Å²) in [6, 6.07) is 1.92. The van der Waals surface area contributed by atoms with Crippen molar-refractivity contribution >= 4 is 37.3 Å². The summed E-state index contributed by atoms with van der Waals surface area (Å²) < 4.78 is 29.1. The fourth-order valence-corrected chi connectivity index (χ4v) is 6.44. The lowest BCUT2D eigenvalue weighted by Gasteiger charge is -2.34. The Hall–Kier alpha value is -0.770. The number of nitrogens with zero attached hydrogens (tertiary/aromatic N) is 4. The summed E-state index contributed by atoms with van der Waals surface area (Å²) in [7, 11) is -2.04. The smallest absolute Gasteiger partial charge is 0.235 e. The lowest BCUT2D eigenvalue weighted by atomic mass is 10.0. The van der Waals surface area contributed by atoms with Crippen LogP contribution in [0.2, 0.25) is 0 Å². The van der Waals surface area contributed by atoms with Gasteiger partial charge in [-0.2, -0.15) is 4.31 Å². The van der Waals surface area contributed by atoms with E-state index in [1.54, 1.807) is 22.7 Å². The summed E-state index contributed by atoms with van der Waals surface area (Å²) in [6.45, 7) is 2.50. The number of aryl methyl sites for hydroxylation is 1. The number of hydrogen-bond acceptors (Lipinski definition) is 5. The van der Waals surface area contributed by atoms with Crippen LogP contribution in [0.25, 0.3) is 0 Å². The Labute approximate surface area is 135 Å². The van der Waals surface area contributed by atoms with Gasteiger partial charge in [0.25, 0.3) is 10.0 Å². The van der Waals surface area contributed by atoms with Crippen molar-refractivity contribution in [2.24, 2.45) is 7.05 Å². The molecule has 0 bridgehead atoms. The molecule has 0 fully saturated rings. The molecular weight excluding hydrogens is 376 g/mol. The van der Waals surface area contributed by atoms with Crippen LogP contribution in [0.1, 0.15) is 29.8 Å². The number of sulfonamides is 1. The second-order valence-electron chi connectivity index (χ2n) is 4.90. The molecule has 1 aliphatic rings. The Kier molecular flexibility index (Phi) is 3.93. The van der Waals surface area contributed by atoms with Crippen molar-refractivity contribution in [3.63, 3.8) is 0 Å². The Morgan fingerprint density at radius 3 is 2.90 bits per heavy atom. The maximum atomic E-state index is 13.0. The van der Waals surface area contributed by atoms with Crippen LogP contribution >= 0.6 is 27.3 Å². The molecule has 3 heterocycles. The van der Waals surface area contributed by atoms with Crippen LogP contribution < -0.4 is 0 Å². The maximum Gasteiger partial charge on any atom is 0.263 e. The fraction of sp³-hybridized carbons (Fsp3) is 0.500. The number of rotatable bonds is 3. The van der Waals surface area contributed by atoms with Gasteiger partial charge in [-0.15, -0.1) is 16.4 Å². The Balaban J connectivity index is 2.08. The topological polar surface area (TPSA) is 68.1 Å². The first kappa shape index (κ1) is 15.1. The molecule has 114 valence electrons. The molecular formula is C12H15BrN4O2S2. The molecule has 0 saturated carbocycles. The monoisotopic (exact) mass is 390 g/mol. The van der Waals surface area contributed by atoms with Crippen LogP contribution in [0.15, 0.2) is 21.1 Å². The third kappa shape index (κ3) is 2.36. The highest BCUT2D eigenvalue weighted by Gasteiger charge is 2.39. The van der Waals surface area contributed by atoms with Gasteiger partial charge in [0.2, 0.25) is 5.03 Å². The van der Waals surface area contributed by atoms with Gasteiger partial charge in [0.15, 0.2) is 4.60 Å². The molecule has 0 amide bonds. The molecule has 1 aliphatic heterocycles. The van der Waals surface area contributed by atoms with E-state index in [4.69, 9.17) is 0 Å². The van der Waals surface area contributed by atoms with Crippen molar-refractivity contribution in [3.8, 4) is 0 Å². The highest BCUT2D eigenvalue weighted by Crippen LogP contribution is 2.39. The largest absolute Gasteiger partial charge is 0.263 e. The van der Waals surface area contributed by atoms with E-state index < -0.39 is 10.0 Å². The molecule has 1 unspecified atom stereocenters. The van der Waals surface area contributed by atoms with Gasteiger partial charge in [0, 0.05) is 18.5 Å². The van der Waals surface area contributed by atoms with Crippen LogP contribution in [0.5, 0.6) is 0 Å². The summed E-state index contributed by atoms with van der Waals surface area (Å²) in [5, 5.41) is 9.71. The van der Waals surface area contributed by atoms with Crippen LogP contribution in [0, 0.1) is 0 Å². The first-order valence-corrected chi connectivity index (χ1v) is 9.71. The molecule has 0 aromatic carbocycles. The van der Waals surface area contributed by atoms with Crippen LogP contribution in [-0.2, 0) is 23.5 Å². The van der Waals surface area contributed by atoms with E-state index in [0.29, 0.717) is 6.54 Å². The number of halogens is 1. The molecule has 2 aromatic heterocycles. The molecule has 9 heteroatoms. The van der Waals surface area contributed by atoms with Crippen LogP contribution in [0.3, 0.4) is 0 Å². The maximum absolute atomic E-state index is 13.0. The first-order chi connectivity index (χ1) is 9.96. The average molecular weight is 391 g/mol. The van der Waals surface area contributed by atoms with Gasteiger partial charge < -0.3 is 0 Å². The van der Waals surface area contributed by atoms with Crippen molar-refractivity contribution in [1.29, 1.82) is 0 Å². The van der Waals surface area contributed by atoms with Crippen molar-refractivity contribution in [3.05, 3.63) is 26.5 Å². The predicted molar refractivity (Wildman–Crippen MR) is 83.6 cm³/mol. The Morgan fingerprint density at radius 2 is 2.29 bits per heavy atom. The van der Waals surface area contributed by atoms with E-state index in [2.05, 4.69) is 26.2 Å². The van der Waals surface area contributed by atoms with Gasteiger partial charge in [0.1, 0.15) is 0 Å². The van der Waals surface area contributed by atoms with Crippen molar-refractivity contribution in [1.82, 2.24) is 19.3 Å². The van der Waals surface area contributed by atoms with Crippen LogP contribution in [0.4, 0.5) is 0 Å². The zero-order chi connectivity index (χ0) is 15.2. The first-order valence-electron chi connectivity index (χ1n) is 6.60. The third-order valence-electron chi connectivity index (χ3n) is 3.72. The number of aromatic nitrogens is 3. The minimum absolute atomic E-state index is 0.111. The van der Waals surface area contributed by atoms with Gasteiger partial charge >= 0.3 is 0 Å². The van der Waals surface area contributed by atoms with Gasteiger partial charge in [-0.1, -0.05) is 12.1 Å². The molecule has 0 radical (unpaired) electrons. The van der Waals surface area contributed by atoms with E-state index in [1.807, 2.05) is 18.4 Å². The van der Waals surface area contributed by atoms with Gasteiger partial charge in [-0.3, -0.25) is 0 Å². The third-order valence-corrected chi connectivity index (χ3v) is 7.52. The Morgan fingerprint density at radius 1 is 1.52 bits per heavy atom. The number of fused-ring (bicyclic) bond motifs is 1. The van der Waals surface area contributed by atoms with Crippen molar-refractivity contribution < 1.29 is 8.42 Å². The molecule has 2 aromatic rings. The zero-order valence-electron chi connectivity index (χ0n) is 11.7. The van der Waals surface area contributed by atoms with E-state index in [9.17, 15) is 8.42 Å². The normalized spacial score (nSPS) is 19.7. The minimum atomic E-state index is -3.63. The van der Waals surface area contributed by atoms with Gasteiger partial charge in [-0.05, 0) is 45.8 Å². The average Bonchev–Trinajstić information content (AvgIpc) is 3.04. The van der Waals surface area contributed by atoms with E-state index in [1.165, 1.54) is 9.56 Å². The summed E-state index contributed by atoms with van der Waals surface area (Å²) in [6.07, 6.45) is 1.50. The number of thiophene rings is 1. The lowest BCUT2D eigenvalue weighted by molar-refractivity contribution is 0.300. The summed E-state index contributed by atoms with van der Waals surface area (Å²) in [5.41, 5.74) is 1.13. The van der Waals surface area contributed by atoms with Crippen LogP contribution in [-0.4, -0.2) is 34.3 Å². The highest BCUT2D eigenvalue weighted by molar-refractivity contribution is 9.10. The summed E-state index contributed by atoms with van der Waals surface area (Å²) >= 11 is 4.89. The SMILES string of the molecule is CCC1c2ccsc2CCN1S(=O)(=O)c1c(Br)nnn1C. The molecule has 21 heavy (non-hydrogen) atoms. The van der Waals surface area contributed by atoms with E-state index >= 15 is 0 Å².